The molecule has 0 bridgehead atoms. The SMILES string of the molecule is CC(C)C(CNC(=O)C(C)(C)C)N1CCN(C)CC1. The number of hydrogen-bond donors (Lipinski definition) is 1. The van der Waals surface area contributed by atoms with Crippen LogP contribution in [0.1, 0.15) is 34.6 Å². The fraction of sp³-hybridized carbons (Fsp3) is 0.933. The van der Waals surface area contributed by atoms with E-state index in [4.69, 9.17) is 0 Å². The van der Waals surface area contributed by atoms with E-state index in [1.54, 1.807) is 0 Å². The number of nitrogens with one attached hydrogen (secondary N) is 1. The minimum Gasteiger partial charge on any atom is -0.354 e. The van der Waals surface area contributed by atoms with Gasteiger partial charge in [0.2, 0.25) is 5.91 Å². The van der Waals surface area contributed by atoms with E-state index < -0.39 is 0 Å². The molecule has 0 aliphatic carbocycles. The molecule has 1 fully saturated rings. The molecular weight excluding hydrogens is 238 g/mol. The Labute approximate surface area is 118 Å². The van der Waals surface area contributed by atoms with Gasteiger partial charge in [-0.2, -0.15) is 0 Å². The van der Waals surface area contributed by atoms with E-state index in [0.717, 1.165) is 32.7 Å². The smallest absolute Gasteiger partial charge is 0.225 e. The van der Waals surface area contributed by atoms with Crippen molar-refractivity contribution in [1.82, 2.24) is 15.1 Å². The second-order valence-corrected chi connectivity index (χ2v) is 7.11. The molecule has 19 heavy (non-hydrogen) atoms. The Hall–Kier alpha value is -0.610. The second kappa shape index (κ2) is 6.71. The van der Waals surface area contributed by atoms with Gasteiger partial charge in [-0.05, 0) is 13.0 Å². The number of rotatable bonds is 4. The molecule has 0 aromatic rings. The largest absolute Gasteiger partial charge is 0.354 e. The molecule has 4 heteroatoms. The van der Waals surface area contributed by atoms with Crippen molar-refractivity contribution in [2.45, 2.75) is 40.7 Å². The van der Waals surface area contributed by atoms with E-state index >= 15 is 0 Å². The van der Waals surface area contributed by atoms with Gasteiger partial charge >= 0.3 is 0 Å². The Bertz CT molecular complexity index is 288. The van der Waals surface area contributed by atoms with Gasteiger partial charge in [0, 0.05) is 44.2 Å². The highest BCUT2D eigenvalue weighted by Crippen LogP contribution is 2.15. The van der Waals surface area contributed by atoms with Gasteiger partial charge in [-0.25, -0.2) is 0 Å². The number of hydrogen-bond acceptors (Lipinski definition) is 3. The maximum atomic E-state index is 12.0. The van der Waals surface area contributed by atoms with Crippen molar-refractivity contribution < 1.29 is 4.79 Å². The summed E-state index contributed by atoms with van der Waals surface area (Å²) in [5.41, 5.74) is -0.302. The first-order valence-corrected chi connectivity index (χ1v) is 7.42. The Morgan fingerprint density at radius 1 is 1.16 bits per heavy atom. The average Bonchev–Trinajstić information content (AvgIpc) is 2.29. The molecule has 1 unspecified atom stereocenters. The van der Waals surface area contributed by atoms with Crippen molar-refractivity contribution in [2.75, 3.05) is 39.8 Å². The van der Waals surface area contributed by atoms with E-state index in [9.17, 15) is 4.79 Å². The average molecular weight is 269 g/mol. The molecule has 1 saturated heterocycles. The number of nitrogens with zero attached hydrogens (tertiary/aromatic N) is 2. The quantitative estimate of drug-likeness (QED) is 0.838. The van der Waals surface area contributed by atoms with Crippen LogP contribution >= 0.6 is 0 Å². The molecule has 4 nitrogen and oxygen atoms in total. The first-order chi connectivity index (χ1) is 8.71. The zero-order valence-corrected chi connectivity index (χ0v) is 13.5. The maximum Gasteiger partial charge on any atom is 0.225 e. The van der Waals surface area contributed by atoms with Gasteiger partial charge < -0.3 is 10.2 Å². The second-order valence-electron chi connectivity index (χ2n) is 7.11. The zero-order valence-electron chi connectivity index (χ0n) is 13.5. The Balaban J connectivity index is 2.52. The van der Waals surface area contributed by atoms with E-state index in [2.05, 4.69) is 36.0 Å². The van der Waals surface area contributed by atoms with Crippen LogP contribution in [0.2, 0.25) is 0 Å². The summed E-state index contributed by atoms with van der Waals surface area (Å²) in [6, 6.07) is 0.444. The van der Waals surface area contributed by atoms with Crippen LogP contribution in [0.4, 0.5) is 0 Å². The number of carbonyl (C=O) groups is 1. The Kier molecular flexibility index (Phi) is 5.81. The lowest BCUT2D eigenvalue weighted by Gasteiger charge is -2.40. The van der Waals surface area contributed by atoms with E-state index in [1.807, 2.05) is 20.8 Å². The molecule has 1 N–H and O–H groups in total. The summed E-state index contributed by atoms with van der Waals surface area (Å²) in [5.74, 6) is 0.705. The van der Waals surface area contributed by atoms with Crippen molar-refractivity contribution >= 4 is 5.91 Å². The minimum absolute atomic E-state index is 0.146. The number of amides is 1. The molecule has 0 spiro atoms. The molecule has 112 valence electrons. The Morgan fingerprint density at radius 3 is 2.11 bits per heavy atom. The molecule has 1 aliphatic rings. The summed E-state index contributed by atoms with van der Waals surface area (Å²) >= 11 is 0. The van der Waals surface area contributed by atoms with Gasteiger partial charge in [-0.1, -0.05) is 34.6 Å². The monoisotopic (exact) mass is 269 g/mol. The highest BCUT2D eigenvalue weighted by molar-refractivity contribution is 5.81. The van der Waals surface area contributed by atoms with Crippen LogP contribution in [-0.2, 0) is 4.79 Å². The molecule has 1 atom stereocenters. The normalized spacial score (nSPS) is 20.6. The van der Waals surface area contributed by atoms with Crippen LogP contribution in [0.25, 0.3) is 0 Å². The van der Waals surface area contributed by atoms with Crippen molar-refractivity contribution in [2.24, 2.45) is 11.3 Å². The lowest BCUT2D eigenvalue weighted by Crippen LogP contribution is -2.54. The third-order valence-electron chi connectivity index (χ3n) is 3.93. The summed E-state index contributed by atoms with van der Waals surface area (Å²) in [6.45, 7) is 15.6. The van der Waals surface area contributed by atoms with Gasteiger partial charge in [-0.15, -0.1) is 0 Å². The van der Waals surface area contributed by atoms with Crippen molar-refractivity contribution in [3.05, 3.63) is 0 Å². The summed E-state index contributed by atoms with van der Waals surface area (Å²) < 4.78 is 0. The fourth-order valence-corrected chi connectivity index (χ4v) is 2.40. The molecule has 1 aliphatic heterocycles. The molecular formula is C15H31N3O. The summed E-state index contributed by atoms with van der Waals surface area (Å²) in [5, 5.41) is 3.12. The topological polar surface area (TPSA) is 35.6 Å². The van der Waals surface area contributed by atoms with Crippen molar-refractivity contribution in [3.63, 3.8) is 0 Å². The van der Waals surface area contributed by atoms with Gasteiger partial charge in [0.05, 0.1) is 0 Å². The lowest BCUT2D eigenvalue weighted by molar-refractivity contribution is -0.128. The van der Waals surface area contributed by atoms with E-state index in [1.165, 1.54) is 0 Å². The molecule has 0 aromatic carbocycles. The van der Waals surface area contributed by atoms with Gasteiger partial charge in [0.15, 0.2) is 0 Å². The zero-order chi connectivity index (χ0) is 14.6. The van der Waals surface area contributed by atoms with Crippen LogP contribution in [0.3, 0.4) is 0 Å². The standard InChI is InChI=1S/C15H31N3O/c1-12(2)13(11-16-14(19)15(3,4)5)18-9-7-17(6)8-10-18/h12-13H,7-11H2,1-6H3,(H,16,19). The van der Waals surface area contributed by atoms with Gasteiger partial charge in [0.1, 0.15) is 0 Å². The summed E-state index contributed by atoms with van der Waals surface area (Å²) in [4.78, 5) is 16.9. The molecule has 1 amide bonds. The number of likely N-dealkylation sites (N-methyl/N-ethyl adjacent to an activating group) is 1. The van der Waals surface area contributed by atoms with Crippen LogP contribution in [0.5, 0.6) is 0 Å². The van der Waals surface area contributed by atoms with Crippen LogP contribution in [0.15, 0.2) is 0 Å². The molecule has 1 rings (SSSR count). The van der Waals surface area contributed by atoms with E-state index in [-0.39, 0.29) is 11.3 Å². The lowest BCUT2D eigenvalue weighted by atomic mass is 9.95. The van der Waals surface area contributed by atoms with Gasteiger partial charge in [0.25, 0.3) is 0 Å². The molecule has 1 heterocycles. The van der Waals surface area contributed by atoms with Crippen LogP contribution in [-0.4, -0.2) is 61.5 Å². The molecule has 0 aromatic heterocycles. The van der Waals surface area contributed by atoms with Crippen molar-refractivity contribution in [1.29, 1.82) is 0 Å². The summed E-state index contributed by atoms with van der Waals surface area (Å²) in [7, 11) is 2.17. The third kappa shape index (κ3) is 5.11. The third-order valence-corrected chi connectivity index (χ3v) is 3.93. The van der Waals surface area contributed by atoms with Gasteiger partial charge in [-0.3, -0.25) is 9.69 Å². The highest BCUT2D eigenvalue weighted by Gasteiger charge is 2.27. The predicted octanol–water partition coefficient (Wildman–Crippen LogP) is 1.42. The predicted molar refractivity (Wildman–Crippen MR) is 80.2 cm³/mol. The number of carbonyl (C=O) groups excluding carboxylic acids is 1. The maximum absolute atomic E-state index is 12.0. The first-order valence-electron chi connectivity index (χ1n) is 7.42. The van der Waals surface area contributed by atoms with E-state index in [0.29, 0.717) is 12.0 Å². The van der Waals surface area contributed by atoms with Crippen molar-refractivity contribution in [3.8, 4) is 0 Å². The number of piperazine rings is 1. The van der Waals surface area contributed by atoms with Crippen LogP contribution < -0.4 is 5.32 Å². The van der Waals surface area contributed by atoms with Crippen LogP contribution in [0, 0.1) is 11.3 Å². The highest BCUT2D eigenvalue weighted by atomic mass is 16.2. The Morgan fingerprint density at radius 2 is 1.68 bits per heavy atom. The molecule has 0 radical (unpaired) electrons. The molecule has 0 saturated carbocycles. The summed E-state index contributed by atoms with van der Waals surface area (Å²) in [6.07, 6.45) is 0. The minimum atomic E-state index is -0.302. The fourth-order valence-electron chi connectivity index (χ4n) is 2.40. The first kappa shape index (κ1) is 16.4.